The summed E-state index contributed by atoms with van der Waals surface area (Å²) in [6.45, 7) is 0. The Morgan fingerprint density at radius 2 is 0.750 bits per heavy atom. The number of hydrogen-bond acceptors (Lipinski definition) is 3. The van der Waals surface area contributed by atoms with Gasteiger partial charge in [0.25, 0.3) is 0 Å². The van der Waals surface area contributed by atoms with Crippen molar-refractivity contribution >= 4 is 58.3 Å². The molecule has 0 amide bonds. The Hall–Kier alpha value is -7.63. The van der Waals surface area contributed by atoms with E-state index in [1.807, 2.05) is 60.8 Å². The second-order valence-corrected chi connectivity index (χ2v) is 13.8. The molecule has 10 rings (SSSR count). The van der Waals surface area contributed by atoms with Crippen LogP contribution < -0.4 is 0 Å². The van der Waals surface area contributed by atoms with Crippen LogP contribution in [0.4, 0.5) is 5.69 Å². The fourth-order valence-corrected chi connectivity index (χ4v) is 7.70. The lowest BCUT2D eigenvalue weighted by atomic mass is 10.0. The Balaban J connectivity index is 1.41. The number of para-hydroxylation sites is 1. The molecule has 2 aliphatic rings. The predicted molar refractivity (Wildman–Crippen MR) is 234 cm³/mol. The van der Waals surface area contributed by atoms with Crippen molar-refractivity contribution in [3.05, 3.63) is 198 Å². The minimum atomic E-state index is 0.854. The third kappa shape index (κ3) is 6.17. The molecule has 8 bridgehead atoms. The first kappa shape index (κ1) is 33.0. The van der Waals surface area contributed by atoms with Gasteiger partial charge in [-0.2, -0.15) is 0 Å². The molecule has 5 aromatic carbocycles. The Morgan fingerprint density at radius 3 is 1.20 bits per heavy atom. The van der Waals surface area contributed by atoms with E-state index in [-0.39, 0.29) is 0 Å². The Morgan fingerprint density at radius 1 is 0.375 bits per heavy atom. The predicted octanol–water partition coefficient (Wildman–Crippen LogP) is 13.1. The molecule has 0 spiro atoms. The normalized spacial score (nSPS) is 12.1. The third-order valence-electron chi connectivity index (χ3n) is 10.3. The molecule has 5 nitrogen and oxygen atoms in total. The van der Waals surface area contributed by atoms with Gasteiger partial charge in [-0.05, 0) is 76.9 Å². The Bertz CT molecular complexity index is 2980. The van der Waals surface area contributed by atoms with Crippen LogP contribution >= 0.6 is 0 Å². The van der Waals surface area contributed by atoms with Crippen molar-refractivity contribution in [3.8, 4) is 44.5 Å². The lowest BCUT2D eigenvalue weighted by Crippen LogP contribution is -1.90. The van der Waals surface area contributed by atoms with Crippen molar-refractivity contribution < 1.29 is 0 Å². The van der Waals surface area contributed by atoms with E-state index in [1.54, 1.807) is 0 Å². The highest BCUT2D eigenvalue weighted by Crippen LogP contribution is 2.39. The molecule has 0 fully saturated rings. The molecular formula is C51H35N5. The molecule has 264 valence electrons. The van der Waals surface area contributed by atoms with E-state index >= 15 is 0 Å². The van der Waals surface area contributed by atoms with Crippen LogP contribution in [0.3, 0.4) is 0 Å². The van der Waals surface area contributed by atoms with E-state index in [0.29, 0.717) is 0 Å². The smallest absolute Gasteiger partial charge is 0.0737 e. The van der Waals surface area contributed by atoms with Gasteiger partial charge < -0.3 is 9.97 Å². The largest absolute Gasteiger partial charge is 0.354 e. The van der Waals surface area contributed by atoms with Gasteiger partial charge in [-0.15, -0.1) is 0 Å². The molecule has 2 N–H and O–H groups in total. The number of nitrogens with zero attached hydrogens (tertiary/aromatic N) is 3. The summed E-state index contributed by atoms with van der Waals surface area (Å²) >= 11 is 0. The van der Waals surface area contributed by atoms with Crippen LogP contribution in [0.15, 0.2) is 175 Å². The zero-order valence-electron chi connectivity index (χ0n) is 30.4. The topological polar surface area (TPSA) is 69.7 Å². The number of aromatic amines is 2. The summed E-state index contributed by atoms with van der Waals surface area (Å²) < 4.78 is 0. The number of aliphatic imine (C=N–C) groups is 1. The lowest BCUT2D eigenvalue weighted by molar-refractivity contribution is 1.31. The second kappa shape index (κ2) is 14.3. The highest BCUT2D eigenvalue weighted by Gasteiger charge is 2.20. The highest BCUT2D eigenvalue weighted by molar-refractivity contribution is 6.05. The molecule has 0 atom stereocenters. The molecule has 0 unspecified atom stereocenters. The summed E-state index contributed by atoms with van der Waals surface area (Å²) in [6.07, 6.45) is 10.5. The average Bonchev–Trinajstić information content (AvgIpc) is 4.10. The Kier molecular flexibility index (Phi) is 8.43. The second-order valence-electron chi connectivity index (χ2n) is 13.8. The van der Waals surface area contributed by atoms with Crippen LogP contribution in [0.25, 0.3) is 90.9 Å². The van der Waals surface area contributed by atoms with Gasteiger partial charge in [-0.3, -0.25) is 4.99 Å². The van der Waals surface area contributed by atoms with Gasteiger partial charge in [-0.25, -0.2) is 9.97 Å². The van der Waals surface area contributed by atoms with Gasteiger partial charge in [0.1, 0.15) is 0 Å². The van der Waals surface area contributed by atoms with Crippen molar-refractivity contribution in [1.82, 2.24) is 19.9 Å². The van der Waals surface area contributed by atoms with Crippen LogP contribution in [0.5, 0.6) is 0 Å². The van der Waals surface area contributed by atoms with Crippen LogP contribution in [0.1, 0.15) is 28.3 Å². The first-order valence-corrected chi connectivity index (χ1v) is 18.8. The number of nitrogens with one attached hydrogen (secondary N) is 2. The molecule has 5 heterocycles. The first-order valence-electron chi connectivity index (χ1n) is 18.8. The number of H-pyrrole nitrogens is 2. The molecule has 0 saturated heterocycles. The molecule has 56 heavy (non-hydrogen) atoms. The van der Waals surface area contributed by atoms with Crippen molar-refractivity contribution in [2.45, 2.75) is 0 Å². The maximum absolute atomic E-state index is 5.46. The molecule has 2 aliphatic heterocycles. The molecule has 0 aliphatic carbocycles. The quantitative estimate of drug-likeness (QED) is 0.168. The SMILES string of the molecule is C1=Cc2nc1c(-c1ccccc1)c1ccc([nH]1)c(-c1ccccc1)c1nc(c(-c3ccccc3)c3[nH]c(cc3C=Nc3ccccc3)c2-c2ccccc2)C=C1. The van der Waals surface area contributed by atoms with E-state index in [1.165, 1.54) is 0 Å². The van der Waals surface area contributed by atoms with Crippen LogP contribution in [-0.4, -0.2) is 26.2 Å². The fourth-order valence-electron chi connectivity index (χ4n) is 7.70. The van der Waals surface area contributed by atoms with Crippen molar-refractivity contribution in [2.24, 2.45) is 4.99 Å². The highest BCUT2D eigenvalue weighted by atomic mass is 14.8. The van der Waals surface area contributed by atoms with Crippen LogP contribution in [-0.2, 0) is 0 Å². The lowest BCUT2D eigenvalue weighted by Gasteiger charge is -2.07. The summed E-state index contributed by atoms with van der Waals surface area (Å²) in [7, 11) is 0. The summed E-state index contributed by atoms with van der Waals surface area (Å²) in [5.41, 5.74) is 17.3. The van der Waals surface area contributed by atoms with E-state index < -0.39 is 0 Å². The summed E-state index contributed by atoms with van der Waals surface area (Å²) in [5, 5.41) is 0. The number of benzene rings is 5. The average molecular weight is 718 g/mol. The minimum Gasteiger partial charge on any atom is -0.354 e. The summed E-state index contributed by atoms with van der Waals surface area (Å²) in [4.78, 5) is 23.6. The minimum absolute atomic E-state index is 0.854. The zero-order chi connectivity index (χ0) is 37.3. The van der Waals surface area contributed by atoms with Gasteiger partial charge in [0, 0.05) is 50.6 Å². The number of fused-ring (bicyclic) bond motifs is 8. The van der Waals surface area contributed by atoms with Crippen molar-refractivity contribution in [3.63, 3.8) is 0 Å². The summed E-state index contributed by atoms with van der Waals surface area (Å²) in [5.74, 6) is 0. The number of aromatic nitrogens is 4. The first-order chi connectivity index (χ1) is 27.8. The van der Waals surface area contributed by atoms with E-state index in [9.17, 15) is 0 Å². The van der Waals surface area contributed by atoms with E-state index in [4.69, 9.17) is 15.0 Å². The maximum atomic E-state index is 5.46. The van der Waals surface area contributed by atoms with Crippen LogP contribution in [0, 0.1) is 0 Å². The Labute approximate surface area is 324 Å². The monoisotopic (exact) mass is 717 g/mol. The maximum Gasteiger partial charge on any atom is 0.0737 e. The molecule has 8 aromatic rings. The molecule has 0 saturated carbocycles. The molecule has 5 heteroatoms. The number of rotatable bonds is 6. The number of hydrogen-bond donors (Lipinski definition) is 2. The molecule has 0 radical (unpaired) electrons. The van der Waals surface area contributed by atoms with Gasteiger partial charge in [0.2, 0.25) is 0 Å². The standard InChI is InChI=1S/C51H35N5/c1-6-16-34(17-7-1)47-40-26-27-41(53-40)48(35-18-8-2-9-19-35)43-30-31-45(55-43)50(37-22-12-4-13-23-37)51-38(33-52-39-24-14-5-15-25-39)32-46(56-51)49(36-20-10-3-11-21-36)44-29-28-42(47)54-44/h1-33,53,56H. The van der Waals surface area contributed by atoms with Gasteiger partial charge >= 0.3 is 0 Å². The molecule has 3 aromatic heterocycles. The van der Waals surface area contributed by atoms with Crippen molar-refractivity contribution in [2.75, 3.05) is 0 Å². The van der Waals surface area contributed by atoms with E-state index in [0.717, 1.165) is 101 Å². The van der Waals surface area contributed by atoms with E-state index in [2.05, 4.69) is 150 Å². The summed E-state index contributed by atoms with van der Waals surface area (Å²) in [6, 6.07) is 58.6. The third-order valence-corrected chi connectivity index (χ3v) is 10.3. The fraction of sp³-hybridized carbons (Fsp3) is 0. The van der Waals surface area contributed by atoms with Gasteiger partial charge in [-0.1, -0.05) is 140 Å². The zero-order valence-corrected chi connectivity index (χ0v) is 30.4. The van der Waals surface area contributed by atoms with Gasteiger partial charge in [0.15, 0.2) is 0 Å². The van der Waals surface area contributed by atoms with Crippen LogP contribution in [0.2, 0.25) is 0 Å². The molecular weight excluding hydrogens is 683 g/mol. The van der Waals surface area contributed by atoms with Crippen molar-refractivity contribution in [1.29, 1.82) is 0 Å². The van der Waals surface area contributed by atoms with Gasteiger partial charge in [0.05, 0.1) is 34.0 Å².